The van der Waals surface area contributed by atoms with Crippen LogP contribution in [0, 0.1) is 11.6 Å². The highest BCUT2D eigenvalue weighted by Crippen LogP contribution is 2.09. The number of amides is 2. The summed E-state index contributed by atoms with van der Waals surface area (Å²) in [5.41, 5.74) is 4.70. The van der Waals surface area contributed by atoms with Crippen LogP contribution >= 0.6 is 0 Å². The predicted molar refractivity (Wildman–Crippen MR) is 61.6 cm³/mol. The van der Waals surface area contributed by atoms with Crippen molar-refractivity contribution in [1.29, 1.82) is 0 Å². The summed E-state index contributed by atoms with van der Waals surface area (Å²) in [4.78, 5) is 22.7. The first kappa shape index (κ1) is 13.8. The first-order chi connectivity index (χ1) is 8.45. The van der Waals surface area contributed by atoms with E-state index in [4.69, 9.17) is 5.73 Å². The first-order valence-corrected chi connectivity index (χ1v) is 5.12. The molecule has 3 N–H and O–H groups in total. The number of nitrogens with one attached hydrogen (secondary N) is 1. The lowest BCUT2D eigenvalue weighted by atomic mass is 10.1. The van der Waals surface area contributed by atoms with Crippen molar-refractivity contribution in [3.63, 3.8) is 0 Å². The summed E-state index contributed by atoms with van der Waals surface area (Å²) in [5, 5.41) is 2.25. The SMILES string of the molecule is C=CC[C@H](NC(=O)c1ccc(F)cc1F)C(N)=O. The summed E-state index contributed by atoms with van der Waals surface area (Å²) in [6, 6.07) is 1.55. The molecule has 0 radical (unpaired) electrons. The molecule has 0 unspecified atom stereocenters. The number of rotatable bonds is 5. The molecular weight excluding hydrogens is 242 g/mol. The van der Waals surface area contributed by atoms with Crippen molar-refractivity contribution < 1.29 is 18.4 Å². The Bertz CT molecular complexity index is 489. The average molecular weight is 254 g/mol. The molecular formula is C12H12F2N2O2. The van der Waals surface area contributed by atoms with Gasteiger partial charge in [-0.2, -0.15) is 0 Å². The Labute approximate surface area is 102 Å². The molecule has 1 aromatic carbocycles. The van der Waals surface area contributed by atoms with E-state index in [2.05, 4.69) is 11.9 Å². The van der Waals surface area contributed by atoms with E-state index in [1.807, 2.05) is 0 Å². The van der Waals surface area contributed by atoms with Crippen molar-refractivity contribution >= 4 is 11.8 Å². The molecule has 6 heteroatoms. The number of halogens is 2. The Morgan fingerprint density at radius 1 is 1.44 bits per heavy atom. The molecule has 0 aliphatic carbocycles. The normalized spacial score (nSPS) is 11.7. The fourth-order valence-electron chi connectivity index (χ4n) is 1.32. The summed E-state index contributed by atoms with van der Waals surface area (Å²) in [6.45, 7) is 3.41. The largest absolute Gasteiger partial charge is 0.368 e. The summed E-state index contributed by atoms with van der Waals surface area (Å²) >= 11 is 0. The molecule has 0 heterocycles. The maximum atomic E-state index is 13.3. The minimum absolute atomic E-state index is 0.129. The molecule has 1 atom stereocenters. The van der Waals surface area contributed by atoms with Crippen molar-refractivity contribution in [2.75, 3.05) is 0 Å². The van der Waals surface area contributed by atoms with Crippen LogP contribution in [0.4, 0.5) is 8.78 Å². The minimum atomic E-state index is -1.01. The van der Waals surface area contributed by atoms with Gasteiger partial charge < -0.3 is 11.1 Å². The summed E-state index contributed by atoms with van der Waals surface area (Å²) in [5.74, 6) is -3.39. The van der Waals surface area contributed by atoms with Gasteiger partial charge in [-0.25, -0.2) is 8.78 Å². The molecule has 1 rings (SSSR count). The van der Waals surface area contributed by atoms with Crippen LogP contribution in [0.1, 0.15) is 16.8 Å². The van der Waals surface area contributed by atoms with Crippen LogP contribution in [0.5, 0.6) is 0 Å². The van der Waals surface area contributed by atoms with Crippen LogP contribution in [-0.2, 0) is 4.79 Å². The molecule has 18 heavy (non-hydrogen) atoms. The van der Waals surface area contributed by atoms with Crippen LogP contribution in [0.3, 0.4) is 0 Å². The molecule has 0 saturated carbocycles. The zero-order valence-electron chi connectivity index (χ0n) is 9.45. The standard InChI is InChI=1S/C12H12F2N2O2/c1-2-3-10(11(15)17)16-12(18)8-5-4-7(13)6-9(8)14/h2,4-6,10H,1,3H2,(H2,15,17)(H,16,18)/t10-/m0/s1. The average Bonchev–Trinajstić information content (AvgIpc) is 2.27. The molecule has 2 amide bonds. The van der Waals surface area contributed by atoms with Gasteiger partial charge in [-0.15, -0.1) is 6.58 Å². The zero-order chi connectivity index (χ0) is 13.7. The second kappa shape index (κ2) is 5.90. The van der Waals surface area contributed by atoms with Gasteiger partial charge in [0.25, 0.3) is 5.91 Å². The Morgan fingerprint density at radius 2 is 2.11 bits per heavy atom. The number of benzene rings is 1. The number of nitrogens with two attached hydrogens (primary N) is 1. The molecule has 0 aromatic heterocycles. The highest BCUT2D eigenvalue weighted by Gasteiger charge is 2.19. The lowest BCUT2D eigenvalue weighted by molar-refractivity contribution is -0.119. The van der Waals surface area contributed by atoms with Crippen LogP contribution in [-0.4, -0.2) is 17.9 Å². The minimum Gasteiger partial charge on any atom is -0.368 e. The summed E-state index contributed by atoms with van der Waals surface area (Å²) in [6.07, 6.45) is 1.53. The number of hydrogen-bond donors (Lipinski definition) is 2. The van der Waals surface area contributed by atoms with Gasteiger partial charge in [0.1, 0.15) is 17.7 Å². The summed E-state index contributed by atoms with van der Waals surface area (Å²) in [7, 11) is 0. The second-order valence-electron chi connectivity index (χ2n) is 3.58. The van der Waals surface area contributed by atoms with E-state index in [-0.39, 0.29) is 12.0 Å². The van der Waals surface area contributed by atoms with Crippen molar-refractivity contribution in [1.82, 2.24) is 5.32 Å². The van der Waals surface area contributed by atoms with E-state index in [9.17, 15) is 18.4 Å². The van der Waals surface area contributed by atoms with Crippen LogP contribution in [0.15, 0.2) is 30.9 Å². The number of hydrogen-bond acceptors (Lipinski definition) is 2. The maximum absolute atomic E-state index is 13.3. The fourth-order valence-corrected chi connectivity index (χ4v) is 1.32. The topological polar surface area (TPSA) is 72.2 Å². The van der Waals surface area contributed by atoms with Gasteiger partial charge in [0.2, 0.25) is 5.91 Å². The highest BCUT2D eigenvalue weighted by atomic mass is 19.1. The molecule has 0 aliphatic heterocycles. The first-order valence-electron chi connectivity index (χ1n) is 5.12. The van der Waals surface area contributed by atoms with Crippen molar-refractivity contribution in [2.45, 2.75) is 12.5 Å². The van der Waals surface area contributed by atoms with E-state index >= 15 is 0 Å². The molecule has 4 nitrogen and oxygen atoms in total. The van der Waals surface area contributed by atoms with Crippen molar-refractivity contribution in [3.8, 4) is 0 Å². The Kier molecular flexibility index (Phi) is 4.53. The molecule has 1 aromatic rings. The van der Waals surface area contributed by atoms with Crippen LogP contribution in [0.25, 0.3) is 0 Å². The van der Waals surface area contributed by atoms with Gasteiger partial charge >= 0.3 is 0 Å². The smallest absolute Gasteiger partial charge is 0.254 e. The lowest BCUT2D eigenvalue weighted by Crippen LogP contribution is -2.44. The quantitative estimate of drug-likeness (QED) is 0.773. The van der Waals surface area contributed by atoms with E-state index in [0.29, 0.717) is 6.07 Å². The molecule has 0 saturated heterocycles. The second-order valence-corrected chi connectivity index (χ2v) is 3.58. The van der Waals surface area contributed by atoms with Gasteiger partial charge in [-0.05, 0) is 18.6 Å². The van der Waals surface area contributed by atoms with Gasteiger partial charge in [0.05, 0.1) is 5.56 Å². The number of carbonyl (C=O) groups is 2. The Balaban J connectivity index is 2.86. The maximum Gasteiger partial charge on any atom is 0.254 e. The Hall–Kier alpha value is -2.24. The number of carbonyl (C=O) groups excluding carboxylic acids is 2. The van der Waals surface area contributed by atoms with E-state index in [0.717, 1.165) is 12.1 Å². The Morgan fingerprint density at radius 3 is 2.61 bits per heavy atom. The van der Waals surface area contributed by atoms with E-state index in [1.54, 1.807) is 0 Å². The van der Waals surface area contributed by atoms with Gasteiger partial charge in [0.15, 0.2) is 0 Å². The monoisotopic (exact) mass is 254 g/mol. The van der Waals surface area contributed by atoms with Crippen LogP contribution in [0.2, 0.25) is 0 Å². The van der Waals surface area contributed by atoms with Gasteiger partial charge in [-0.1, -0.05) is 6.08 Å². The molecule has 0 fully saturated rings. The molecule has 0 spiro atoms. The van der Waals surface area contributed by atoms with E-state index in [1.165, 1.54) is 6.08 Å². The fraction of sp³-hybridized carbons (Fsp3) is 0.167. The number of primary amides is 1. The molecule has 96 valence electrons. The van der Waals surface area contributed by atoms with Crippen molar-refractivity contribution in [3.05, 3.63) is 48.1 Å². The zero-order valence-corrected chi connectivity index (χ0v) is 9.45. The van der Waals surface area contributed by atoms with Gasteiger partial charge in [0, 0.05) is 6.07 Å². The van der Waals surface area contributed by atoms with Crippen LogP contribution < -0.4 is 11.1 Å². The van der Waals surface area contributed by atoms with Gasteiger partial charge in [-0.3, -0.25) is 9.59 Å². The third-order valence-corrected chi connectivity index (χ3v) is 2.23. The summed E-state index contributed by atoms with van der Waals surface area (Å²) < 4.78 is 26.0. The molecule has 0 aliphatic rings. The third kappa shape index (κ3) is 3.38. The van der Waals surface area contributed by atoms with Crippen molar-refractivity contribution in [2.24, 2.45) is 5.73 Å². The molecule has 0 bridgehead atoms. The highest BCUT2D eigenvalue weighted by molar-refractivity contribution is 5.97. The van der Waals surface area contributed by atoms with E-state index < -0.39 is 29.5 Å². The third-order valence-electron chi connectivity index (χ3n) is 2.23. The lowest BCUT2D eigenvalue weighted by Gasteiger charge is -2.13. The predicted octanol–water partition coefficient (Wildman–Crippen LogP) is 1.12.